The molecule has 9 heteroatoms. The number of likely N-dealkylation sites (tertiary alicyclic amines) is 1. The molecule has 36 heavy (non-hydrogen) atoms. The molecule has 8 nitrogen and oxygen atoms in total. The molecule has 192 valence electrons. The van der Waals surface area contributed by atoms with Crippen LogP contribution in [-0.2, 0) is 14.3 Å². The van der Waals surface area contributed by atoms with Crippen molar-refractivity contribution < 1.29 is 33.8 Å². The van der Waals surface area contributed by atoms with Crippen LogP contribution in [0.2, 0.25) is 5.02 Å². The monoisotopic (exact) mass is 514 g/mol. The van der Waals surface area contributed by atoms with Crippen LogP contribution >= 0.6 is 11.6 Å². The summed E-state index contributed by atoms with van der Waals surface area (Å²) in [6, 6.07) is 10.8. The third kappa shape index (κ3) is 5.51. The summed E-state index contributed by atoms with van der Waals surface area (Å²) < 4.78 is 16.9. The van der Waals surface area contributed by atoms with Gasteiger partial charge in [0.15, 0.2) is 11.5 Å². The Morgan fingerprint density at radius 3 is 2.39 bits per heavy atom. The van der Waals surface area contributed by atoms with Crippen molar-refractivity contribution in [1.82, 2.24) is 4.90 Å². The molecule has 0 radical (unpaired) electrons. The molecule has 0 aromatic heterocycles. The summed E-state index contributed by atoms with van der Waals surface area (Å²) >= 11 is 5.99. The molecule has 1 N–H and O–H groups in total. The van der Waals surface area contributed by atoms with E-state index in [0.717, 1.165) is 13.1 Å². The minimum absolute atomic E-state index is 0.0640. The molecule has 1 atom stereocenters. The highest BCUT2D eigenvalue weighted by Gasteiger charge is 2.44. The lowest BCUT2D eigenvalue weighted by atomic mass is 9.95. The van der Waals surface area contributed by atoms with Crippen molar-refractivity contribution in [3.63, 3.8) is 0 Å². The molecule has 2 aliphatic heterocycles. The number of halogens is 1. The first-order valence-electron chi connectivity index (χ1n) is 12.3. The van der Waals surface area contributed by atoms with Crippen molar-refractivity contribution in [1.29, 1.82) is 0 Å². The lowest BCUT2D eigenvalue weighted by molar-refractivity contribution is -0.907. The fourth-order valence-corrected chi connectivity index (χ4v) is 4.76. The number of hydrogen-bond donors (Lipinski definition) is 1. The summed E-state index contributed by atoms with van der Waals surface area (Å²) in [6.45, 7) is 8.58. The Hall–Kier alpha value is -3.07. The number of carbonyl (C=O) groups excluding carboxylic acids is 2. The summed E-state index contributed by atoms with van der Waals surface area (Å²) in [5.74, 6) is -0.863. The summed E-state index contributed by atoms with van der Waals surface area (Å²) in [6.07, 6.45) is 0. The molecule has 0 bridgehead atoms. The fraction of sp³-hybridized carbons (Fsp3) is 0.407. The van der Waals surface area contributed by atoms with Gasteiger partial charge in [0, 0.05) is 10.6 Å². The van der Waals surface area contributed by atoms with E-state index in [1.807, 2.05) is 13.8 Å². The molecule has 2 aromatic rings. The van der Waals surface area contributed by atoms with Gasteiger partial charge in [0.05, 0.1) is 45.6 Å². The highest BCUT2D eigenvalue weighted by Crippen LogP contribution is 2.41. The van der Waals surface area contributed by atoms with Crippen LogP contribution in [-0.4, -0.2) is 69.2 Å². The zero-order valence-corrected chi connectivity index (χ0v) is 21.3. The SMILES string of the molecule is CCOc1ccc(C2C(=C([O-])c3ccc(Cl)cc3)C(=O)C(=O)N2CC[NH+]2CCOCC2)cc1OCC. The number of quaternary nitrogens is 1. The molecule has 2 aromatic carbocycles. The van der Waals surface area contributed by atoms with E-state index in [4.69, 9.17) is 25.8 Å². The molecule has 0 spiro atoms. The van der Waals surface area contributed by atoms with Crippen molar-refractivity contribution in [3.8, 4) is 11.5 Å². The minimum atomic E-state index is -0.830. The van der Waals surface area contributed by atoms with Crippen LogP contribution in [0.4, 0.5) is 0 Å². The summed E-state index contributed by atoms with van der Waals surface area (Å²) in [5.41, 5.74) is 0.860. The first-order chi connectivity index (χ1) is 17.4. The Morgan fingerprint density at radius 1 is 1.06 bits per heavy atom. The zero-order valence-electron chi connectivity index (χ0n) is 20.6. The molecule has 0 aliphatic carbocycles. The number of Topliss-reactive ketones (excluding diaryl/α,β-unsaturated/α-hetero) is 1. The Bertz CT molecular complexity index is 1130. The molecule has 1 unspecified atom stereocenters. The van der Waals surface area contributed by atoms with E-state index >= 15 is 0 Å². The van der Waals surface area contributed by atoms with Gasteiger partial charge in [-0.25, -0.2) is 0 Å². The van der Waals surface area contributed by atoms with E-state index in [0.29, 0.717) is 67.2 Å². The summed E-state index contributed by atoms with van der Waals surface area (Å²) in [4.78, 5) is 29.3. The number of nitrogens with one attached hydrogen (secondary N) is 1. The number of hydrogen-bond acceptors (Lipinski definition) is 6. The van der Waals surface area contributed by atoms with Gasteiger partial charge in [0.2, 0.25) is 5.78 Å². The van der Waals surface area contributed by atoms with E-state index in [1.165, 1.54) is 9.80 Å². The zero-order chi connectivity index (χ0) is 25.7. The van der Waals surface area contributed by atoms with E-state index in [9.17, 15) is 14.7 Å². The van der Waals surface area contributed by atoms with Gasteiger partial charge in [-0.3, -0.25) is 9.59 Å². The normalized spacial score (nSPS) is 20.1. The smallest absolute Gasteiger partial charge is 0.295 e. The second kappa shape index (κ2) is 11.8. The molecule has 2 aliphatic rings. The first kappa shape index (κ1) is 26.0. The number of ketones is 1. The van der Waals surface area contributed by atoms with E-state index in [-0.39, 0.29) is 5.57 Å². The van der Waals surface area contributed by atoms with Crippen LogP contribution < -0.4 is 19.5 Å². The first-order valence-corrected chi connectivity index (χ1v) is 12.7. The van der Waals surface area contributed by atoms with E-state index < -0.39 is 23.5 Å². The lowest BCUT2D eigenvalue weighted by Gasteiger charge is -2.30. The Balaban J connectivity index is 1.77. The third-order valence-corrected chi connectivity index (χ3v) is 6.68. The molecule has 1 amide bonds. The molecule has 0 saturated carbocycles. The Morgan fingerprint density at radius 2 is 1.72 bits per heavy atom. The second-order valence-electron chi connectivity index (χ2n) is 8.66. The minimum Gasteiger partial charge on any atom is -0.872 e. The number of carbonyl (C=O) groups is 2. The Kier molecular flexibility index (Phi) is 8.51. The Labute approximate surface area is 216 Å². The number of amides is 1. The lowest BCUT2D eigenvalue weighted by Crippen LogP contribution is -3.14. The van der Waals surface area contributed by atoms with Gasteiger partial charge in [0.1, 0.15) is 13.1 Å². The van der Waals surface area contributed by atoms with Gasteiger partial charge in [-0.1, -0.05) is 35.6 Å². The third-order valence-electron chi connectivity index (χ3n) is 6.43. The van der Waals surface area contributed by atoms with Gasteiger partial charge in [-0.15, -0.1) is 0 Å². The molecular weight excluding hydrogens is 484 g/mol. The van der Waals surface area contributed by atoms with Crippen molar-refractivity contribution in [2.45, 2.75) is 19.9 Å². The summed E-state index contributed by atoms with van der Waals surface area (Å²) in [7, 11) is 0. The van der Waals surface area contributed by atoms with Crippen molar-refractivity contribution in [3.05, 3.63) is 64.2 Å². The van der Waals surface area contributed by atoms with Crippen molar-refractivity contribution in [2.75, 3.05) is 52.6 Å². The van der Waals surface area contributed by atoms with E-state index in [1.54, 1.807) is 42.5 Å². The highest BCUT2D eigenvalue weighted by molar-refractivity contribution is 6.46. The molecule has 2 saturated heterocycles. The number of morpholine rings is 1. The van der Waals surface area contributed by atoms with Gasteiger partial charge < -0.3 is 29.1 Å². The predicted molar refractivity (Wildman–Crippen MR) is 133 cm³/mol. The second-order valence-corrected chi connectivity index (χ2v) is 9.10. The summed E-state index contributed by atoms with van der Waals surface area (Å²) in [5, 5.41) is 14.0. The average Bonchev–Trinajstić information content (AvgIpc) is 3.14. The number of benzene rings is 2. The maximum absolute atomic E-state index is 13.6. The molecule has 2 fully saturated rings. The number of nitrogens with zero attached hydrogens (tertiary/aromatic N) is 1. The van der Waals surface area contributed by atoms with Gasteiger partial charge >= 0.3 is 0 Å². The number of rotatable bonds is 9. The highest BCUT2D eigenvalue weighted by atomic mass is 35.5. The largest absolute Gasteiger partial charge is 0.872 e. The standard InChI is InChI=1S/C27H31ClN2O6/c1-3-35-21-10-7-19(17-22(21)36-4-2)24-23(25(31)18-5-8-20(28)9-6-18)26(32)27(33)30(24)12-11-29-13-15-34-16-14-29/h5-10,17,24,31H,3-4,11-16H2,1-2H3. The fourth-order valence-electron chi connectivity index (χ4n) is 4.63. The van der Waals surface area contributed by atoms with E-state index in [2.05, 4.69) is 0 Å². The maximum atomic E-state index is 13.6. The molecule has 4 rings (SSSR count). The van der Waals surface area contributed by atoms with Crippen LogP contribution in [0.25, 0.3) is 5.76 Å². The molecular formula is C27H31ClN2O6. The van der Waals surface area contributed by atoms with Crippen LogP contribution in [0.3, 0.4) is 0 Å². The van der Waals surface area contributed by atoms with Crippen LogP contribution in [0, 0.1) is 0 Å². The van der Waals surface area contributed by atoms with Gasteiger partial charge in [0.25, 0.3) is 5.91 Å². The number of ether oxygens (including phenoxy) is 3. The van der Waals surface area contributed by atoms with Gasteiger partial charge in [-0.05, 0) is 49.2 Å². The maximum Gasteiger partial charge on any atom is 0.295 e. The van der Waals surface area contributed by atoms with Crippen LogP contribution in [0.1, 0.15) is 31.0 Å². The predicted octanol–water partition coefficient (Wildman–Crippen LogP) is 1.28. The van der Waals surface area contributed by atoms with Crippen LogP contribution in [0.15, 0.2) is 48.0 Å². The van der Waals surface area contributed by atoms with Crippen LogP contribution in [0.5, 0.6) is 11.5 Å². The van der Waals surface area contributed by atoms with Gasteiger partial charge in [-0.2, -0.15) is 0 Å². The quantitative estimate of drug-likeness (QED) is 0.308. The van der Waals surface area contributed by atoms with Crippen molar-refractivity contribution >= 4 is 29.1 Å². The average molecular weight is 515 g/mol. The van der Waals surface area contributed by atoms with Crippen molar-refractivity contribution in [2.24, 2.45) is 0 Å². The topological polar surface area (TPSA) is 92.6 Å². The molecule has 2 heterocycles.